The number of carbonyl (C=O) groups is 1. The van der Waals surface area contributed by atoms with E-state index in [1.54, 1.807) is 19.2 Å². The van der Waals surface area contributed by atoms with E-state index in [1.165, 1.54) is 0 Å². The van der Waals surface area contributed by atoms with Crippen molar-refractivity contribution in [1.29, 1.82) is 0 Å². The van der Waals surface area contributed by atoms with Crippen LogP contribution < -0.4 is 10.1 Å². The first-order valence-corrected chi connectivity index (χ1v) is 6.65. The van der Waals surface area contributed by atoms with Crippen molar-refractivity contribution in [3.05, 3.63) is 64.1 Å². The lowest BCUT2D eigenvalue weighted by atomic mass is 10.2. The fourth-order valence-corrected chi connectivity index (χ4v) is 2.28. The molecular weight excluding hydrogens is 306 g/mol. The molecule has 98 valence electrons. The average Bonchev–Trinajstić information content (AvgIpc) is 2.46. The molecule has 0 aliphatic carbocycles. The summed E-state index contributed by atoms with van der Waals surface area (Å²) in [6.07, 6.45) is 0. The van der Waals surface area contributed by atoms with E-state index in [0.717, 1.165) is 15.8 Å². The fraction of sp³-hybridized carbons (Fsp3) is 0.133. The van der Waals surface area contributed by atoms with E-state index in [2.05, 4.69) is 21.2 Å². The topological polar surface area (TPSA) is 38.3 Å². The van der Waals surface area contributed by atoms with E-state index >= 15 is 0 Å². The number of hydrogen-bond donors (Lipinski definition) is 1. The van der Waals surface area contributed by atoms with Gasteiger partial charge >= 0.3 is 0 Å². The van der Waals surface area contributed by atoms with Crippen LogP contribution in [0.25, 0.3) is 0 Å². The second kappa shape index (κ2) is 6.38. The van der Waals surface area contributed by atoms with Gasteiger partial charge in [-0.15, -0.1) is 0 Å². The molecule has 0 fully saturated rings. The van der Waals surface area contributed by atoms with E-state index in [9.17, 15) is 4.79 Å². The summed E-state index contributed by atoms with van der Waals surface area (Å²) in [6, 6.07) is 14.9. The Morgan fingerprint density at radius 1 is 1.21 bits per heavy atom. The third-order valence-corrected chi connectivity index (χ3v) is 3.32. The summed E-state index contributed by atoms with van der Waals surface area (Å²) in [4.78, 5) is 11.9. The molecule has 0 saturated heterocycles. The monoisotopic (exact) mass is 319 g/mol. The molecule has 0 aliphatic rings. The van der Waals surface area contributed by atoms with Crippen molar-refractivity contribution in [2.45, 2.75) is 6.54 Å². The zero-order valence-corrected chi connectivity index (χ0v) is 12.1. The summed E-state index contributed by atoms with van der Waals surface area (Å²) >= 11 is 3.42. The third kappa shape index (κ3) is 3.58. The molecule has 0 atom stereocenters. The van der Waals surface area contributed by atoms with Gasteiger partial charge in [0, 0.05) is 12.1 Å². The highest BCUT2D eigenvalue weighted by molar-refractivity contribution is 9.10. The summed E-state index contributed by atoms with van der Waals surface area (Å²) in [5.74, 6) is 0.700. The highest BCUT2D eigenvalue weighted by Crippen LogP contribution is 2.25. The van der Waals surface area contributed by atoms with Crippen LogP contribution in [0.3, 0.4) is 0 Å². The van der Waals surface area contributed by atoms with Crippen molar-refractivity contribution < 1.29 is 9.53 Å². The van der Waals surface area contributed by atoms with Gasteiger partial charge in [-0.2, -0.15) is 0 Å². The van der Waals surface area contributed by atoms with Crippen molar-refractivity contribution in [3.8, 4) is 5.75 Å². The number of nitrogens with one attached hydrogen (secondary N) is 1. The van der Waals surface area contributed by atoms with Gasteiger partial charge in [0.25, 0.3) is 5.91 Å². The van der Waals surface area contributed by atoms with Crippen LogP contribution in [0.5, 0.6) is 5.75 Å². The molecule has 0 radical (unpaired) electrons. The van der Waals surface area contributed by atoms with Gasteiger partial charge in [0.15, 0.2) is 0 Å². The largest absolute Gasteiger partial charge is 0.496 e. The van der Waals surface area contributed by atoms with Crippen molar-refractivity contribution in [2.75, 3.05) is 7.11 Å². The first-order valence-electron chi connectivity index (χ1n) is 5.86. The maximum absolute atomic E-state index is 11.9. The Labute approximate surface area is 120 Å². The number of amides is 1. The zero-order valence-electron chi connectivity index (χ0n) is 10.5. The number of ether oxygens (including phenoxy) is 1. The Bertz CT molecular complexity index is 570. The van der Waals surface area contributed by atoms with Crippen molar-refractivity contribution in [2.24, 2.45) is 0 Å². The number of hydrogen-bond acceptors (Lipinski definition) is 2. The maximum Gasteiger partial charge on any atom is 0.251 e. The molecule has 2 rings (SSSR count). The molecule has 2 aromatic rings. The first-order chi connectivity index (χ1) is 9.20. The molecule has 4 heteroatoms. The minimum atomic E-state index is -0.0764. The quantitative estimate of drug-likeness (QED) is 0.938. The molecule has 0 saturated carbocycles. The van der Waals surface area contributed by atoms with Crippen LogP contribution in [-0.2, 0) is 6.54 Å². The predicted molar refractivity (Wildman–Crippen MR) is 78.3 cm³/mol. The summed E-state index contributed by atoms with van der Waals surface area (Å²) in [5.41, 5.74) is 1.67. The van der Waals surface area contributed by atoms with E-state index < -0.39 is 0 Å². The summed E-state index contributed by atoms with van der Waals surface area (Å²) in [6.45, 7) is 0.482. The molecule has 1 amide bonds. The lowest BCUT2D eigenvalue weighted by molar-refractivity contribution is 0.0951. The third-order valence-electron chi connectivity index (χ3n) is 2.71. The molecule has 1 N–H and O–H groups in total. The van der Waals surface area contributed by atoms with E-state index in [1.807, 2.05) is 36.4 Å². The Kier molecular flexibility index (Phi) is 4.58. The smallest absolute Gasteiger partial charge is 0.251 e. The number of methoxy groups -OCH3 is 1. The maximum atomic E-state index is 11.9. The van der Waals surface area contributed by atoms with E-state index in [4.69, 9.17) is 4.74 Å². The molecule has 0 unspecified atom stereocenters. The first kappa shape index (κ1) is 13.6. The minimum Gasteiger partial charge on any atom is -0.496 e. The van der Waals surface area contributed by atoms with Crippen LogP contribution in [0, 0.1) is 0 Å². The zero-order chi connectivity index (χ0) is 13.7. The van der Waals surface area contributed by atoms with Gasteiger partial charge in [-0.3, -0.25) is 4.79 Å². The van der Waals surface area contributed by atoms with Gasteiger partial charge in [-0.25, -0.2) is 0 Å². The molecular formula is C15H14BrNO2. The number of halogens is 1. The molecule has 3 nitrogen and oxygen atoms in total. The van der Waals surface area contributed by atoms with Crippen LogP contribution >= 0.6 is 15.9 Å². The van der Waals surface area contributed by atoms with Gasteiger partial charge in [-0.1, -0.05) is 24.3 Å². The molecule has 0 bridgehead atoms. The van der Waals surface area contributed by atoms with Crippen molar-refractivity contribution in [1.82, 2.24) is 5.32 Å². The highest BCUT2D eigenvalue weighted by atomic mass is 79.9. The predicted octanol–water partition coefficient (Wildman–Crippen LogP) is 3.39. The summed E-state index contributed by atoms with van der Waals surface area (Å²) in [7, 11) is 1.62. The average molecular weight is 320 g/mol. The van der Waals surface area contributed by atoms with Crippen LogP contribution in [0.15, 0.2) is 53.0 Å². The summed E-state index contributed by atoms with van der Waals surface area (Å²) in [5, 5.41) is 2.88. The standard InChI is InChI=1S/C15H14BrNO2/c1-19-14-8-7-11(9-13(14)16)10-17-15(18)12-5-3-2-4-6-12/h2-9H,10H2,1H3,(H,17,18). The molecule has 0 heterocycles. The molecule has 0 aliphatic heterocycles. The van der Waals surface area contributed by atoms with Crippen LogP contribution in [0.2, 0.25) is 0 Å². The van der Waals surface area contributed by atoms with Gasteiger partial charge in [0.2, 0.25) is 0 Å². The van der Waals surface area contributed by atoms with Gasteiger partial charge < -0.3 is 10.1 Å². The van der Waals surface area contributed by atoms with Crippen molar-refractivity contribution >= 4 is 21.8 Å². The Morgan fingerprint density at radius 3 is 2.58 bits per heavy atom. The molecule has 0 spiro atoms. The van der Waals surface area contributed by atoms with Gasteiger partial charge in [-0.05, 0) is 45.8 Å². The Hall–Kier alpha value is -1.81. The van der Waals surface area contributed by atoms with E-state index in [0.29, 0.717) is 12.1 Å². The molecule has 2 aromatic carbocycles. The Morgan fingerprint density at radius 2 is 1.95 bits per heavy atom. The highest BCUT2D eigenvalue weighted by Gasteiger charge is 2.05. The fourth-order valence-electron chi connectivity index (χ4n) is 1.69. The normalized spacial score (nSPS) is 10.0. The van der Waals surface area contributed by atoms with E-state index in [-0.39, 0.29) is 5.91 Å². The van der Waals surface area contributed by atoms with Crippen LogP contribution in [-0.4, -0.2) is 13.0 Å². The second-order valence-corrected chi connectivity index (χ2v) is 4.87. The lowest BCUT2D eigenvalue weighted by Crippen LogP contribution is -2.22. The molecule has 19 heavy (non-hydrogen) atoms. The lowest BCUT2D eigenvalue weighted by Gasteiger charge is -2.08. The minimum absolute atomic E-state index is 0.0764. The van der Waals surface area contributed by atoms with Gasteiger partial charge in [0.1, 0.15) is 5.75 Å². The van der Waals surface area contributed by atoms with Gasteiger partial charge in [0.05, 0.1) is 11.6 Å². The van der Waals surface area contributed by atoms with Crippen LogP contribution in [0.1, 0.15) is 15.9 Å². The summed E-state index contributed by atoms with van der Waals surface area (Å²) < 4.78 is 6.04. The molecule has 0 aromatic heterocycles. The number of carbonyl (C=O) groups excluding carboxylic acids is 1. The van der Waals surface area contributed by atoms with Crippen molar-refractivity contribution in [3.63, 3.8) is 0 Å². The van der Waals surface area contributed by atoms with Crippen LogP contribution in [0.4, 0.5) is 0 Å². The second-order valence-electron chi connectivity index (χ2n) is 4.02. The SMILES string of the molecule is COc1ccc(CNC(=O)c2ccccc2)cc1Br. The number of rotatable bonds is 4. The Balaban J connectivity index is 1.99. The number of benzene rings is 2.